The molecule has 5 heteroatoms. The second-order valence-corrected chi connectivity index (χ2v) is 9.30. The van der Waals surface area contributed by atoms with E-state index in [1.807, 2.05) is 54.5 Å². The highest BCUT2D eigenvalue weighted by Gasteiger charge is 2.16. The first-order valence-corrected chi connectivity index (χ1v) is 12.6. The first-order chi connectivity index (χ1) is 18.7. The molecule has 3 heterocycles. The number of nitrogens with zero attached hydrogens (tertiary/aromatic N) is 4. The van der Waals surface area contributed by atoms with Crippen LogP contribution in [0.25, 0.3) is 44.6 Å². The van der Waals surface area contributed by atoms with Crippen LogP contribution in [0.4, 0.5) is 17.1 Å². The predicted molar refractivity (Wildman–Crippen MR) is 154 cm³/mol. The fourth-order valence-electron chi connectivity index (χ4n) is 5.05. The van der Waals surface area contributed by atoms with E-state index < -0.39 is 0 Å². The normalized spacial score (nSPS) is 11.3. The quantitative estimate of drug-likeness (QED) is 0.242. The SMILES string of the molecule is Cn1ccnc1-c1cccc(N(c2ccccc2)c2cccc(-c3cc4c(cn3)oc3ccccc34)c2)c1. The topological polar surface area (TPSA) is 47.1 Å². The third kappa shape index (κ3) is 3.82. The summed E-state index contributed by atoms with van der Waals surface area (Å²) < 4.78 is 8.03. The van der Waals surface area contributed by atoms with E-state index in [0.29, 0.717) is 0 Å². The van der Waals surface area contributed by atoms with E-state index in [1.165, 1.54) is 0 Å². The monoisotopic (exact) mass is 492 g/mol. The highest BCUT2D eigenvalue weighted by molar-refractivity contribution is 6.05. The number of hydrogen-bond donors (Lipinski definition) is 0. The predicted octanol–water partition coefficient (Wildman–Crippen LogP) is 8.52. The van der Waals surface area contributed by atoms with Gasteiger partial charge in [-0.1, -0.05) is 60.7 Å². The Kier molecular flexibility index (Phi) is 5.26. The molecule has 0 amide bonds. The Morgan fingerprint density at radius 3 is 2.13 bits per heavy atom. The highest BCUT2D eigenvalue weighted by atomic mass is 16.3. The van der Waals surface area contributed by atoms with E-state index in [4.69, 9.17) is 9.40 Å². The van der Waals surface area contributed by atoms with E-state index in [9.17, 15) is 0 Å². The molecule has 0 radical (unpaired) electrons. The molecule has 0 bridgehead atoms. The number of furan rings is 1. The van der Waals surface area contributed by atoms with Gasteiger partial charge in [0, 0.05) is 58.4 Å². The zero-order chi connectivity index (χ0) is 25.5. The second-order valence-electron chi connectivity index (χ2n) is 9.30. The molecule has 7 rings (SSSR count). The number of para-hydroxylation sites is 2. The van der Waals surface area contributed by atoms with Gasteiger partial charge in [-0.2, -0.15) is 0 Å². The maximum Gasteiger partial charge on any atom is 0.153 e. The molecule has 0 saturated heterocycles. The van der Waals surface area contributed by atoms with Crippen molar-refractivity contribution in [3.05, 3.63) is 128 Å². The summed E-state index contributed by atoms with van der Waals surface area (Å²) in [6.45, 7) is 0. The van der Waals surface area contributed by atoms with Crippen LogP contribution in [0.5, 0.6) is 0 Å². The summed E-state index contributed by atoms with van der Waals surface area (Å²) >= 11 is 0. The highest BCUT2D eigenvalue weighted by Crippen LogP contribution is 2.38. The van der Waals surface area contributed by atoms with Gasteiger partial charge in [0.25, 0.3) is 0 Å². The van der Waals surface area contributed by atoms with Crippen molar-refractivity contribution in [1.29, 1.82) is 0 Å². The molecule has 0 atom stereocenters. The molecule has 0 spiro atoms. The van der Waals surface area contributed by atoms with Crippen LogP contribution in [0.15, 0.2) is 132 Å². The average molecular weight is 493 g/mol. The molecule has 0 N–H and O–H groups in total. The Hall–Kier alpha value is -5.16. The lowest BCUT2D eigenvalue weighted by Gasteiger charge is -2.26. The Morgan fingerprint density at radius 1 is 0.632 bits per heavy atom. The van der Waals surface area contributed by atoms with Gasteiger partial charge in [-0.05, 0) is 48.5 Å². The average Bonchev–Trinajstić information content (AvgIpc) is 3.57. The van der Waals surface area contributed by atoms with Gasteiger partial charge < -0.3 is 13.9 Å². The smallest absolute Gasteiger partial charge is 0.153 e. The van der Waals surface area contributed by atoms with E-state index in [1.54, 1.807) is 0 Å². The maximum absolute atomic E-state index is 5.99. The van der Waals surface area contributed by atoms with Gasteiger partial charge in [-0.25, -0.2) is 4.98 Å². The molecule has 0 unspecified atom stereocenters. The van der Waals surface area contributed by atoms with Gasteiger partial charge in [0.2, 0.25) is 0 Å². The van der Waals surface area contributed by atoms with Crippen molar-refractivity contribution in [2.75, 3.05) is 4.90 Å². The summed E-state index contributed by atoms with van der Waals surface area (Å²) in [7, 11) is 2.01. The van der Waals surface area contributed by atoms with Crippen LogP contribution in [-0.2, 0) is 7.05 Å². The molecule has 0 aliphatic carbocycles. The van der Waals surface area contributed by atoms with Crippen molar-refractivity contribution in [3.8, 4) is 22.6 Å². The summed E-state index contributed by atoms with van der Waals surface area (Å²) in [5, 5.41) is 2.16. The zero-order valence-electron chi connectivity index (χ0n) is 20.8. The number of fused-ring (bicyclic) bond motifs is 3. The van der Waals surface area contributed by atoms with Gasteiger partial charge in [0.1, 0.15) is 11.4 Å². The van der Waals surface area contributed by atoms with E-state index >= 15 is 0 Å². The van der Waals surface area contributed by atoms with Gasteiger partial charge in [0.15, 0.2) is 5.58 Å². The largest absolute Gasteiger partial charge is 0.454 e. The molecule has 0 aliphatic heterocycles. The van der Waals surface area contributed by atoms with Crippen LogP contribution in [0, 0.1) is 0 Å². The molecule has 4 aromatic carbocycles. The summed E-state index contributed by atoms with van der Waals surface area (Å²) in [5.41, 5.74) is 7.84. The number of pyridine rings is 1. The maximum atomic E-state index is 5.99. The number of aromatic nitrogens is 3. The number of aryl methyl sites for hydroxylation is 1. The van der Waals surface area contributed by atoms with Crippen molar-refractivity contribution in [2.45, 2.75) is 0 Å². The molecule has 0 saturated carbocycles. The van der Waals surface area contributed by atoms with Crippen molar-refractivity contribution in [2.24, 2.45) is 7.05 Å². The van der Waals surface area contributed by atoms with Crippen LogP contribution in [0.2, 0.25) is 0 Å². The number of benzene rings is 4. The van der Waals surface area contributed by atoms with E-state index in [2.05, 4.69) is 94.8 Å². The standard InChI is InChI=1S/C33H24N4O/c1-36-18-17-34-33(36)24-10-8-14-27(20-24)37(25-11-3-2-4-12-25)26-13-7-9-23(19-26)30-21-29-28-15-5-6-16-31(28)38-32(29)22-35-30/h2-22H,1H3. The van der Waals surface area contributed by atoms with Crippen LogP contribution in [-0.4, -0.2) is 14.5 Å². The molecule has 5 nitrogen and oxygen atoms in total. The minimum atomic E-state index is 0.795. The lowest BCUT2D eigenvalue weighted by atomic mass is 10.1. The van der Waals surface area contributed by atoms with Gasteiger partial charge >= 0.3 is 0 Å². The van der Waals surface area contributed by atoms with Crippen molar-refractivity contribution < 1.29 is 4.42 Å². The Balaban J connectivity index is 1.36. The van der Waals surface area contributed by atoms with Gasteiger partial charge in [-0.3, -0.25) is 4.98 Å². The summed E-state index contributed by atoms with van der Waals surface area (Å²) in [4.78, 5) is 11.6. The first kappa shape index (κ1) is 22.1. The summed E-state index contributed by atoms with van der Waals surface area (Å²) in [6.07, 6.45) is 5.61. The van der Waals surface area contributed by atoms with Gasteiger partial charge in [-0.15, -0.1) is 0 Å². The van der Waals surface area contributed by atoms with Crippen LogP contribution >= 0.6 is 0 Å². The summed E-state index contributed by atoms with van der Waals surface area (Å²) in [5.74, 6) is 0.929. The van der Waals surface area contributed by atoms with Crippen molar-refractivity contribution >= 4 is 39.0 Å². The van der Waals surface area contributed by atoms with E-state index in [0.717, 1.165) is 61.6 Å². The molecule has 182 valence electrons. The first-order valence-electron chi connectivity index (χ1n) is 12.6. The Morgan fingerprint density at radius 2 is 1.34 bits per heavy atom. The molecule has 3 aromatic heterocycles. The zero-order valence-corrected chi connectivity index (χ0v) is 20.8. The number of imidazole rings is 1. The fourth-order valence-corrected chi connectivity index (χ4v) is 5.05. The number of rotatable bonds is 5. The lowest BCUT2D eigenvalue weighted by molar-refractivity contribution is 0.667. The minimum absolute atomic E-state index is 0.795. The summed E-state index contributed by atoms with van der Waals surface area (Å²) in [6, 6.07) is 37.7. The minimum Gasteiger partial charge on any atom is -0.454 e. The third-order valence-electron chi connectivity index (χ3n) is 6.86. The van der Waals surface area contributed by atoms with Crippen LogP contribution in [0.1, 0.15) is 0 Å². The second kappa shape index (κ2) is 9.05. The lowest BCUT2D eigenvalue weighted by Crippen LogP contribution is -2.10. The molecule has 0 aliphatic rings. The number of hydrogen-bond acceptors (Lipinski definition) is 4. The molecular formula is C33H24N4O. The molecule has 7 aromatic rings. The van der Waals surface area contributed by atoms with Crippen LogP contribution in [0.3, 0.4) is 0 Å². The Bertz CT molecular complexity index is 1900. The molecular weight excluding hydrogens is 468 g/mol. The molecule has 0 fully saturated rings. The molecule has 38 heavy (non-hydrogen) atoms. The van der Waals surface area contributed by atoms with Crippen molar-refractivity contribution in [1.82, 2.24) is 14.5 Å². The third-order valence-corrected chi connectivity index (χ3v) is 6.86. The Labute approximate surface area is 220 Å². The van der Waals surface area contributed by atoms with Crippen molar-refractivity contribution in [3.63, 3.8) is 0 Å². The van der Waals surface area contributed by atoms with Gasteiger partial charge in [0.05, 0.1) is 11.9 Å². The number of anilines is 3. The fraction of sp³-hybridized carbons (Fsp3) is 0.0303. The van der Waals surface area contributed by atoms with Crippen LogP contribution < -0.4 is 4.90 Å². The van der Waals surface area contributed by atoms with E-state index in [-0.39, 0.29) is 0 Å².